The molecule has 0 aliphatic carbocycles. The first-order valence-corrected chi connectivity index (χ1v) is 6.90. The number of hydrogen-bond acceptors (Lipinski definition) is 2. The molecule has 0 radical (unpaired) electrons. The molecule has 0 atom stereocenters. The van der Waals surface area contributed by atoms with E-state index in [1.165, 1.54) is 11.1 Å². The van der Waals surface area contributed by atoms with E-state index in [9.17, 15) is 0 Å². The van der Waals surface area contributed by atoms with E-state index in [4.69, 9.17) is 12.2 Å². The normalized spacial score (nSPS) is 18.0. The van der Waals surface area contributed by atoms with Crippen molar-refractivity contribution in [3.8, 4) is 0 Å². The molecule has 2 N–H and O–H groups in total. The Labute approximate surface area is 115 Å². The van der Waals surface area contributed by atoms with Gasteiger partial charge in [-0.05, 0) is 56.1 Å². The minimum atomic E-state index is -0.104. The van der Waals surface area contributed by atoms with Crippen molar-refractivity contribution in [2.45, 2.75) is 46.2 Å². The van der Waals surface area contributed by atoms with Gasteiger partial charge < -0.3 is 5.32 Å². The third-order valence-electron chi connectivity index (χ3n) is 3.90. The maximum Gasteiger partial charge on any atom is 0.189 e. The first kappa shape index (κ1) is 13.3. The molecule has 0 bridgehead atoms. The van der Waals surface area contributed by atoms with Gasteiger partial charge in [0.15, 0.2) is 5.11 Å². The molecule has 3 nitrogen and oxygen atoms in total. The van der Waals surface area contributed by atoms with Gasteiger partial charge in [-0.1, -0.05) is 26.0 Å². The van der Waals surface area contributed by atoms with Crippen LogP contribution in [0.5, 0.6) is 0 Å². The minimum absolute atomic E-state index is 0.104. The van der Waals surface area contributed by atoms with E-state index >= 15 is 0 Å². The van der Waals surface area contributed by atoms with E-state index in [1.54, 1.807) is 0 Å². The van der Waals surface area contributed by atoms with Crippen LogP contribution in [-0.4, -0.2) is 10.8 Å². The average molecular weight is 263 g/mol. The van der Waals surface area contributed by atoms with Gasteiger partial charge >= 0.3 is 0 Å². The lowest BCUT2D eigenvalue weighted by Gasteiger charge is -2.27. The molecule has 0 spiro atoms. The number of anilines is 1. The van der Waals surface area contributed by atoms with Crippen LogP contribution in [0.15, 0.2) is 18.2 Å². The third kappa shape index (κ3) is 2.10. The highest BCUT2D eigenvalue weighted by atomic mass is 32.1. The van der Waals surface area contributed by atoms with Gasteiger partial charge in [0.25, 0.3) is 0 Å². The molecule has 1 fully saturated rings. The Morgan fingerprint density at radius 1 is 1.22 bits per heavy atom. The highest BCUT2D eigenvalue weighted by molar-refractivity contribution is 7.80. The molecule has 0 unspecified atom stereocenters. The van der Waals surface area contributed by atoms with Crippen LogP contribution in [0.25, 0.3) is 0 Å². The summed E-state index contributed by atoms with van der Waals surface area (Å²) in [7, 11) is 0. The number of rotatable bonds is 3. The Bertz CT molecular complexity index is 466. The molecule has 98 valence electrons. The largest absolute Gasteiger partial charge is 0.342 e. The smallest absolute Gasteiger partial charge is 0.189 e. The van der Waals surface area contributed by atoms with E-state index < -0.39 is 0 Å². The molecule has 18 heavy (non-hydrogen) atoms. The summed E-state index contributed by atoms with van der Waals surface area (Å²) in [6.45, 7) is 8.59. The number of benzene rings is 1. The molecule has 4 heteroatoms. The summed E-state index contributed by atoms with van der Waals surface area (Å²) in [6, 6.07) is 6.29. The van der Waals surface area contributed by atoms with Crippen molar-refractivity contribution in [3.05, 3.63) is 29.3 Å². The van der Waals surface area contributed by atoms with Gasteiger partial charge in [-0.3, -0.25) is 0 Å². The van der Waals surface area contributed by atoms with Crippen LogP contribution in [0.1, 0.15) is 37.8 Å². The summed E-state index contributed by atoms with van der Waals surface area (Å²) in [5, 5.41) is 6.17. The van der Waals surface area contributed by atoms with Gasteiger partial charge in [0.1, 0.15) is 5.66 Å². The number of nitrogens with zero attached hydrogens (tertiary/aromatic N) is 1. The standard InChI is InChI=1S/C14H21N3S/c1-5-14(6-2)15-13(18)17(16-14)12-9-7-8-10(3)11(12)4/h7-9,16H,5-6H2,1-4H3,(H,15,18). The summed E-state index contributed by atoms with van der Waals surface area (Å²) >= 11 is 5.46. The summed E-state index contributed by atoms with van der Waals surface area (Å²) in [5.41, 5.74) is 7.09. The molecular weight excluding hydrogens is 242 g/mol. The van der Waals surface area contributed by atoms with Crippen LogP contribution in [0.4, 0.5) is 5.69 Å². The van der Waals surface area contributed by atoms with Crippen molar-refractivity contribution in [2.75, 3.05) is 5.01 Å². The average Bonchev–Trinajstić information content (AvgIpc) is 2.71. The number of hydrazine groups is 1. The van der Waals surface area contributed by atoms with E-state index in [0.717, 1.165) is 23.6 Å². The first-order chi connectivity index (χ1) is 8.53. The molecule has 1 aliphatic rings. The molecule has 0 amide bonds. The molecular formula is C14H21N3S. The Balaban J connectivity index is 2.35. The van der Waals surface area contributed by atoms with Gasteiger partial charge in [-0.25, -0.2) is 10.4 Å². The predicted molar refractivity (Wildman–Crippen MR) is 80.6 cm³/mol. The predicted octanol–water partition coefficient (Wildman–Crippen LogP) is 3.02. The zero-order chi connectivity index (χ0) is 13.3. The van der Waals surface area contributed by atoms with E-state index in [2.05, 4.69) is 56.6 Å². The Morgan fingerprint density at radius 3 is 2.44 bits per heavy atom. The Kier molecular flexibility index (Phi) is 3.59. The van der Waals surface area contributed by atoms with Crippen molar-refractivity contribution >= 4 is 23.0 Å². The van der Waals surface area contributed by atoms with Crippen LogP contribution in [-0.2, 0) is 0 Å². The molecule has 1 saturated heterocycles. The topological polar surface area (TPSA) is 27.3 Å². The monoisotopic (exact) mass is 263 g/mol. The van der Waals surface area contributed by atoms with Crippen molar-refractivity contribution in [2.24, 2.45) is 0 Å². The third-order valence-corrected chi connectivity index (χ3v) is 4.18. The maximum atomic E-state index is 5.46. The van der Waals surface area contributed by atoms with Gasteiger partial charge in [0.2, 0.25) is 0 Å². The van der Waals surface area contributed by atoms with Crippen LogP contribution in [0.3, 0.4) is 0 Å². The van der Waals surface area contributed by atoms with Crippen molar-refractivity contribution in [1.82, 2.24) is 10.7 Å². The van der Waals surface area contributed by atoms with E-state index in [1.807, 2.05) is 5.01 Å². The van der Waals surface area contributed by atoms with E-state index in [0.29, 0.717) is 0 Å². The maximum absolute atomic E-state index is 5.46. The van der Waals surface area contributed by atoms with Crippen molar-refractivity contribution in [3.63, 3.8) is 0 Å². The highest BCUT2D eigenvalue weighted by Crippen LogP contribution is 2.27. The van der Waals surface area contributed by atoms with Crippen LogP contribution >= 0.6 is 12.2 Å². The quantitative estimate of drug-likeness (QED) is 0.820. The Morgan fingerprint density at radius 2 is 1.89 bits per heavy atom. The zero-order valence-corrected chi connectivity index (χ0v) is 12.3. The van der Waals surface area contributed by atoms with Gasteiger partial charge in [0, 0.05) is 0 Å². The highest BCUT2D eigenvalue weighted by Gasteiger charge is 2.38. The molecule has 1 aromatic carbocycles. The lowest BCUT2D eigenvalue weighted by molar-refractivity contribution is 0.315. The number of nitrogens with one attached hydrogen (secondary N) is 2. The van der Waals surface area contributed by atoms with Crippen LogP contribution in [0, 0.1) is 13.8 Å². The van der Waals surface area contributed by atoms with Crippen LogP contribution < -0.4 is 15.8 Å². The molecule has 0 saturated carbocycles. The van der Waals surface area contributed by atoms with Crippen molar-refractivity contribution < 1.29 is 0 Å². The fourth-order valence-corrected chi connectivity index (χ4v) is 2.63. The molecule has 0 aromatic heterocycles. The Hall–Kier alpha value is -1.13. The molecule has 1 aromatic rings. The number of thiocarbonyl (C=S) groups is 1. The second-order valence-corrected chi connectivity index (χ2v) is 5.27. The SMILES string of the molecule is CCC1(CC)NC(=S)N(c2cccc(C)c2C)N1. The fraction of sp³-hybridized carbons (Fsp3) is 0.500. The zero-order valence-electron chi connectivity index (χ0n) is 11.5. The fourth-order valence-electron chi connectivity index (χ4n) is 2.29. The van der Waals surface area contributed by atoms with Gasteiger partial charge in [-0.15, -0.1) is 0 Å². The summed E-state index contributed by atoms with van der Waals surface area (Å²) in [6.07, 6.45) is 1.98. The summed E-state index contributed by atoms with van der Waals surface area (Å²) < 4.78 is 0. The summed E-state index contributed by atoms with van der Waals surface area (Å²) in [5.74, 6) is 0. The second-order valence-electron chi connectivity index (χ2n) is 4.89. The van der Waals surface area contributed by atoms with Crippen molar-refractivity contribution in [1.29, 1.82) is 0 Å². The minimum Gasteiger partial charge on any atom is -0.342 e. The van der Waals surface area contributed by atoms with Gasteiger partial charge in [0.05, 0.1) is 5.69 Å². The van der Waals surface area contributed by atoms with E-state index in [-0.39, 0.29) is 5.66 Å². The number of aryl methyl sites for hydroxylation is 1. The first-order valence-electron chi connectivity index (χ1n) is 6.49. The lowest BCUT2D eigenvalue weighted by atomic mass is 10.1. The molecule has 1 aliphatic heterocycles. The van der Waals surface area contributed by atoms with Crippen LogP contribution in [0.2, 0.25) is 0 Å². The number of hydrogen-bond donors (Lipinski definition) is 2. The second kappa shape index (κ2) is 4.86. The van der Waals surface area contributed by atoms with Gasteiger partial charge in [-0.2, -0.15) is 0 Å². The molecule has 2 rings (SSSR count). The summed E-state index contributed by atoms with van der Waals surface area (Å²) in [4.78, 5) is 0. The lowest BCUT2D eigenvalue weighted by Crippen LogP contribution is -2.50. The molecule has 1 heterocycles.